The molecule has 0 amide bonds. The molecule has 0 spiro atoms. The zero-order chi connectivity index (χ0) is 14.7. The molecule has 3 heteroatoms. The average molecular weight is 296 g/mol. The van der Waals surface area contributed by atoms with E-state index in [-0.39, 0.29) is 0 Å². The fourth-order valence-electron chi connectivity index (χ4n) is 2.45. The van der Waals surface area contributed by atoms with Crippen LogP contribution in [0.1, 0.15) is 22.4 Å². The van der Waals surface area contributed by atoms with Gasteiger partial charge in [-0.15, -0.1) is 11.3 Å². The van der Waals surface area contributed by atoms with Gasteiger partial charge in [0.2, 0.25) is 0 Å². The molecule has 2 nitrogen and oxygen atoms in total. The number of pyridine rings is 1. The number of aryl methyl sites for hydroxylation is 1. The van der Waals surface area contributed by atoms with Crippen LogP contribution >= 0.6 is 11.3 Å². The minimum absolute atomic E-state index is 0.455. The largest absolute Gasteiger partial charge is 0.308 e. The van der Waals surface area contributed by atoms with Crippen molar-refractivity contribution in [2.45, 2.75) is 32.9 Å². The van der Waals surface area contributed by atoms with E-state index >= 15 is 0 Å². The van der Waals surface area contributed by atoms with Crippen LogP contribution < -0.4 is 5.32 Å². The summed E-state index contributed by atoms with van der Waals surface area (Å²) in [6, 6.07) is 17.4. The van der Waals surface area contributed by atoms with Crippen LogP contribution in [-0.2, 0) is 13.0 Å². The normalized spacial score (nSPS) is 12.7. The van der Waals surface area contributed by atoms with Crippen LogP contribution in [0, 0.1) is 6.92 Å². The SMILES string of the molecule is Cc1ccc(CC(C)NCc2ccc3ccccc3n2)s1. The molecule has 108 valence electrons. The number of nitrogens with one attached hydrogen (secondary N) is 1. The van der Waals surface area contributed by atoms with Crippen molar-refractivity contribution in [1.82, 2.24) is 10.3 Å². The van der Waals surface area contributed by atoms with Gasteiger partial charge in [0.1, 0.15) is 0 Å². The Balaban J connectivity index is 1.60. The standard InChI is InChI=1S/C18H20N2S/c1-13(11-17-10-7-14(2)21-17)19-12-16-9-8-15-5-3-4-6-18(15)20-16/h3-10,13,19H,11-12H2,1-2H3. The average Bonchev–Trinajstić information content (AvgIpc) is 2.90. The third-order valence-electron chi connectivity index (χ3n) is 3.59. The molecule has 21 heavy (non-hydrogen) atoms. The van der Waals surface area contributed by atoms with E-state index in [1.165, 1.54) is 15.1 Å². The topological polar surface area (TPSA) is 24.9 Å². The van der Waals surface area contributed by atoms with E-state index < -0.39 is 0 Å². The number of hydrogen-bond acceptors (Lipinski definition) is 3. The Morgan fingerprint density at radius 2 is 1.95 bits per heavy atom. The summed E-state index contributed by atoms with van der Waals surface area (Å²) in [6.07, 6.45) is 1.08. The van der Waals surface area contributed by atoms with Crippen molar-refractivity contribution in [2.75, 3.05) is 0 Å². The summed E-state index contributed by atoms with van der Waals surface area (Å²) in [5, 5.41) is 4.76. The summed E-state index contributed by atoms with van der Waals surface area (Å²) in [6.45, 7) is 5.21. The van der Waals surface area contributed by atoms with Gasteiger partial charge in [-0.2, -0.15) is 0 Å². The van der Waals surface area contributed by atoms with Crippen LogP contribution in [-0.4, -0.2) is 11.0 Å². The van der Waals surface area contributed by atoms with Gasteiger partial charge in [-0.3, -0.25) is 4.98 Å². The maximum atomic E-state index is 4.70. The molecule has 0 aliphatic heterocycles. The highest BCUT2D eigenvalue weighted by Crippen LogP contribution is 2.17. The number of benzene rings is 1. The van der Waals surface area contributed by atoms with E-state index in [4.69, 9.17) is 4.98 Å². The van der Waals surface area contributed by atoms with Crippen LogP contribution in [0.5, 0.6) is 0 Å². The molecule has 0 bridgehead atoms. The zero-order valence-electron chi connectivity index (χ0n) is 12.5. The molecule has 2 aromatic heterocycles. The van der Waals surface area contributed by atoms with Crippen molar-refractivity contribution in [1.29, 1.82) is 0 Å². The Kier molecular flexibility index (Phi) is 4.32. The molecule has 3 rings (SSSR count). The van der Waals surface area contributed by atoms with Crippen molar-refractivity contribution in [3.63, 3.8) is 0 Å². The molecule has 2 heterocycles. The summed E-state index contributed by atoms with van der Waals surface area (Å²) in [5.41, 5.74) is 2.17. The number of para-hydroxylation sites is 1. The molecule has 0 fully saturated rings. The van der Waals surface area contributed by atoms with Crippen molar-refractivity contribution < 1.29 is 0 Å². The third kappa shape index (κ3) is 3.69. The van der Waals surface area contributed by atoms with Gasteiger partial charge in [0.15, 0.2) is 0 Å². The van der Waals surface area contributed by atoms with Crippen LogP contribution in [0.25, 0.3) is 10.9 Å². The first-order chi connectivity index (χ1) is 10.2. The number of rotatable bonds is 5. The lowest BCUT2D eigenvalue weighted by atomic mass is 10.2. The van der Waals surface area contributed by atoms with E-state index in [0.29, 0.717) is 6.04 Å². The van der Waals surface area contributed by atoms with Crippen molar-refractivity contribution in [3.8, 4) is 0 Å². The second-order valence-corrected chi connectivity index (χ2v) is 6.87. The van der Waals surface area contributed by atoms with Crippen LogP contribution in [0.4, 0.5) is 0 Å². The fourth-order valence-corrected chi connectivity index (χ4v) is 3.47. The first kappa shape index (κ1) is 14.2. The lowest BCUT2D eigenvalue weighted by Crippen LogP contribution is -2.27. The summed E-state index contributed by atoms with van der Waals surface area (Å²) in [5.74, 6) is 0. The Morgan fingerprint density at radius 1 is 1.10 bits per heavy atom. The highest BCUT2D eigenvalue weighted by atomic mass is 32.1. The number of hydrogen-bond donors (Lipinski definition) is 1. The molecular weight excluding hydrogens is 276 g/mol. The van der Waals surface area contributed by atoms with E-state index in [0.717, 1.165) is 24.2 Å². The van der Waals surface area contributed by atoms with Gasteiger partial charge in [-0.05, 0) is 44.5 Å². The Hall–Kier alpha value is -1.71. The van der Waals surface area contributed by atoms with Gasteiger partial charge in [-0.25, -0.2) is 0 Å². The predicted molar refractivity (Wildman–Crippen MR) is 90.8 cm³/mol. The molecule has 0 saturated heterocycles. The second-order valence-electron chi connectivity index (χ2n) is 5.49. The smallest absolute Gasteiger partial charge is 0.0705 e. The Bertz CT molecular complexity index is 733. The highest BCUT2D eigenvalue weighted by Gasteiger charge is 2.06. The molecular formula is C18H20N2S. The molecule has 1 aromatic carbocycles. The van der Waals surface area contributed by atoms with Gasteiger partial charge in [0.25, 0.3) is 0 Å². The Morgan fingerprint density at radius 3 is 2.76 bits per heavy atom. The maximum Gasteiger partial charge on any atom is 0.0705 e. The molecule has 3 aromatic rings. The number of thiophene rings is 1. The monoisotopic (exact) mass is 296 g/mol. The quantitative estimate of drug-likeness (QED) is 0.758. The summed E-state index contributed by atoms with van der Waals surface area (Å²) in [4.78, 5) is 7.52. The first-order valence-corrected chi connectivity index (χ1v) is 8.16. The van der Waals surface area contributed by atoms with Gasteiger partial charge in [-0.1, -0.05) is 24.3 Å². The van der Waals surface area contributed by atoms with E-state index in [1.54, 1.807) is 0 Å². The molecule has 1 unspecified atom stereocenters. The van der Waals surface area contributed by atoms with Gasteiger partial charge in [0.05, 0.1) is 11.2 Å². The molecule has 0 radical (unpaired) electrons. The first-order valence-electron chi connectivity index (χ1n) is 7.34. The van der Waals surface area contributed by atoms with Crippen molar-refractivity contribution in [2.24, 2.45) is 0 Å². The van der Waals surface area contributed by atoms with Crippen LogP contribution in [0.3, 0.4) is 0 Å². The predicted octanol–water partition coefficient (Wildman–Crippen LogP) is 4.33. The minimum atomic E-state index is 0.455. The zero-order valence-corrected chi connectivity index (χ0v) is 13.3. The molecule has 0 aliphatic carbocycles. The molecule has 1 atom stereocenters. The van der Waals surface area contributed by atoms with Crippen LogP contribution in [0.15, 0.2) is 48.5 Å². The summed E-state index contributed by atoms with van der Waals surface area (Å²) in [7, 11) is 0. The van der Waals surface area contributed by atoms with Gasteiger partial charge < -0.3 is 5.32 Å². The van der Waals surface area contributed by atoms with Crippen LogP contribution in [0.2, 0.25) is 0 Å². The third-order valence-corrected chi connectivity index (χ3v) is 4.61. The van der Waals surface area contributed by atoms with Gasteiger partial charge >= 0.3 is 0 Å². The minimum Gasteiger partial charge on any atom is -0.308 e. The number of nitrogens with zero attached hydrogens (tertiary/aromatic N) is 1. The number of fused-ring (bicyclic) bond motifs is 1. The lowest BCUT2D eigenvalue weighted by molar-refractivity contribution is 0.544. The van der Waals surface area contributed by atoms with Crippen molar-refractivity contribution in [3.05, 3.63) is 64.0 Å². The molecule has 0 aliphatic rings. The lowest BCUT2D eigenvalue weighted by Gasteiger charge is -2.12. The van der Waals surface area contributed by atoms with Crippen molar-refractivity contribution >= 4 is 22.2 Å². The number of aromatic nitrogens is 1. The maximum absolute atomic E-state index is 4.70. The second kappa shape index (κ2) is 6.37. The Labute approximate surface area is 129 Å². The van der Waals surface area contributed by atoms with E-state index in [1.807, 2.05) is 23.5 Å². The fraction of sp³-hybridized carbons (Fsp3) is 0.278. The van der Waals surface area contributed by atoms with E-state index in [9.17, 15) is 0 Å². The highest BCUT2D eigenvalue weighted by molar-refractivity contribution is 7.11. The summed E-state index contributed by atoms with van der Waals surface area (Å²) < 4.78 is 0. The van der Waals surface area contributed by atoms with Gasteiger partial charge in [0, 0.05) is 27.7 Å². The summed E-state index contributed by atoms with van der Waals surface area (Å²) >= 11 is 1.88. The van der Waals surface area contributed by atoms with E-state index in [2.05, 4.69) is 55.6 Å². The molecule has 1 N–H and O–H groups in total. The molecule has 0 saturated carbocycles.